The van der Waals surface area contributed by atoms with Crippen molar-refractivity contribution in [1.29, 1.82) is 0 Å². The third-order valence-electron chi connectivity index (χ3n) is 4.47. The molecule has 11 heteroatoms. The number of nitrogens with zero attached hydrogens (tertiary/aromatic N) is 2. The highest BCUT2D eigenvalue weighted by Crippen LogP contribution is 2.32. The first-order chi connectivity index (χ1) is 12.5. The van der Waals surface area contributed by atoms with E-state index in [9.17, 15) is 14.4 Å². The zero-order chi connectivity index (χ0) is 18.3. The van der Waals surface area contributed by atoms with Crippen LogP contribution in [-0.4, -0.2) is 73.7 Å². The molecule has 26 heavy (non-hydrogen) atoms. The summed E-state index contributed by atoms with van der Waals surface area (Å²) in [6.45, 7) is 0.909. The Balaban J connectivity index is 1.60. The summed E-state index contributed by atoms with van der Waals surface area (Å²) >= 11 is 0. The fraction of sp³-hybridized carbons (Fsp3) is 0.533. The lowest BCUT2D eigenvalue weighted by Crippen LogP contribution is -2.70. The van der Waals surface area contributed by atoms with Gasteiger partial charge in [0.2, 0.25) is 18.0 Å². The highest BCUT2D eigenvalue weighted by molar-refractivity contribution is 5.96. The van der Waals surface area contributed by atoms with Crippen LogP contribution in [0.15, 0.2) is 17.1 Å². The molecule has 0 radical (unpaired) electrons. The minimum Gasteiger partial charge on any atom is -0.451 e. The third-order valence-corrected chi connectivity index (χ3v) is 4.47. The van der Waals surface area contributed by atoms with Crippen LogP contribution in [0.2, 0.25) is 0 Å². The molecule has 1 amide bonds. The van der Waals surface area contributed by atoms with Gasteiger partial charge in [0.1, 0.15) is 11.8 Å². The van der Waals surface area contributed by atoms with E-state index in [4.69, 9.17) is 14.2 Å². The second-order valence-corrected chi connectivity index (χ2v) is 6.15. The number of methoxy groups -OCH3 is 1. The molecule has 1 aromatic heterocycles. The first kappa shape index (κ1) is 16.7. The number of fused-ring (bicyclic) bond motifs is 2. The van der Waals surface area contributed by atoms with Gasteiger partial charge >= 0.3 is 6.16 Å². The molecule has 3 aliphatic heterocycles. The molecule has 0 aliphatic carbocycles. The van der Waals surface area contributed by atoms with Crippen LogP contribution in [0.3, 0.4) is 0 Å². The topological polar surface area (TPSA) is 118 Å². The van der Waals surface area contributed by atoms with Gasteiger partial charge in [0.25, 0.3) is 5.91 Å². The number of hydrogen-bond donors (Lipinski definition) is 1. The third kappa shape index (κ3) is 2.65. The number of pyridine rings is 1. The molecule has 1 spiro atoms. The van der Waals surface area contributed by atoms with Gasteiger partial charge in [-0.3, -0.25) is 14.3 Å². The summed E-state index contributed by atoms with van der Waals surface area (Å²) in [5, 5.41) is 0. The summed E-state index contributed by atoms with van der Waals surface area (Å²) in [4.78, 5) is 37.8. The summed E-state index contributed by atoms with van der Waals surface area (Å²) in [6.07, 6.45) is 0.111. The second-order valence-electron chi connectivity index (χ2n) is 6.15. The molecule has 1 atom stereocenters. The molecule has 2 fully saturated rings. The summed E-state index contributed by atoms with van der Waals surface area (Å²) in [6, 6.07) is 1.25. The predicted octanol–water partition coefficient (Wildman–Crippen LogP) is -0.908. The van der Waals surface area contributed by atoms with Crippen LogP contribution in [-0.2, 0) is 18.9 Å². The summed E-state index contributed by atoms with van der Waals surface area (Å²) < 4.78 is 26.7. The highest BCUT2D eigenvalue weighted by atomic mass is 16.8. The first-order valence-corrected chi connectivity index (χ1v) is 7.91. The lowest BCUT2D eigenvalue weighted by molar-refractivity contribution is -0.241. The molecule has 4 rings (SSSR count). The number of morpholine rings is 1. The Morgan fingerprint density at radius 1 is 1.42 bits per heavy atom. The Hall–Kier alpha value is -2.79. The van der Waals surface area contributed by atoms with E-state index in [2.05, 4.69) is 14.9 Å². The average molecular weight is 367 g/mol. The van der Waals surface area contributed by atoms with Crippen molar-refractivity contribution in [3.63, 3.8) is 0 Å². The Kier molecular flexibility index (Phi) is 3.96. The molecule has 1 N–H and O–H groups in total. The van der Waals surface area contributed by atoms with Crippen molar-refractivity contribution in [2.75, 3.05) is 45.7 Å². The van der Waals surface area contributed by atoms with Crippen LogP contribution < -0.4 is 15.6 Å². The van der Waals surface area contributed by atoms with Gasteiger partial charge in [0, 0.05) is 12.3 Å². The average Bonchev–Trinajstić information content (AvgIpc) is 2.62. The monoisotopic (exact) mass is 367 g/mol. The molecule has 140 valence electrons. The molecule has 11 nitrogen and oxygen atoms in total. The number of hydrogen-bond acceptors (Lipinski definition) is 9. The van der Waals surface area contributed by atoms with Crippen LogP contribution in [0.4, 0.5) is 4.79 Å². The van der Waals surface area contributed by atoms with Gasteiger partial charge < -0.3 is 34.0 Å². The van der Waals surface area contributed by atoms with Gasteiger partial charge in [-0.2, -0.15) is 0 Å². The first-order valence-electron chi connectivity index (χ1n) is 7.91. The van der Waals surface area contributed by atoms with E-state index in [1.165, 1.54) is 16.9 Å². The summed E-state index contributed by atoms with van der Waals surface area (Å²) in [7, 11) is 1.15. The van der Waals surface area contributed by atoms with Crippen LogP contribution in [0.25, 0.3) is 0 Å². The zero-order valence-corrected chi connectivity index (χ0v) is 13.9. The second kappa shape index (κ2) is 6.18. The molecule has 4 heterocycles. The highest BCUT2D eigenvalue weighted by Gasteiger charge is 2.50. The smallest absolute Gasteiger partial charge is 0.451 e. The van der Waals surface area contributed by atoms with Crippen molar-refractivity contribution in [2.45, 2.75) is 11.8 Å². The van der Waals surface area contributed by atoms with Gasteiger partial charge in [-0.1, -0.05) is 0 Å². The van der Waals surface area contributed by atoms with Crippen LogP contribution in [0, 0.1) is 0 Å². The number of carbonyl (C=O) groups is 2. The standard InChI is InChI=1S/C15H17N3O8/c1-22-14(21)25-8-24-12-9(19)2-3-18-11(12)13(20)17-5-15(6-23-7-15)26-4-10(17)16-18/h2-3,10,16H,4-8H2,1H3/t10-/m0/s1. The normalized spacial score (nSPS) is 22.6. The number of amides is 1. The number of nitrogens with one attached hydrogen (secondary N) is 1. The lowest BCUT2D eigenvalue weighted by Gasteiger charge is -2.52. The SMILES string of the molecule is COC(=O)OCOc1c2n(ccc1=O)N[C@@H]1COC3(COC3)CN1C2=O. The molecule has 1 aromatic rings. The van der Waals surface area contributed by atoms with E-state index in [0.29, 0.717) is 26.4 Å². The Labute approximate surface area is 147 Å². The van der Waals surface area contributed by atoms with Crippen molar-refractivity contribution >= 4 is 12.1 Å². The largest absolute Gasteiger partial charge is 0.510 e. The quantitative estimate of drug-likeness (QED) is 0.535. The van der Waals surface area contributed by atoms with Crippen LogP contribution in [0.5, 0.6) is 5.75 Å². The molecule has 0 saturated carbocycles. The minimum absolute atomic E-state index is 0.0273. The molecule has 0 bridgehead atoms. The summed E-state index contributed by atoms with van der Waals surface area (Å²) in [5.74, 6) is -0.591. The van der Waals surface area contributed by atoms with Crippen molar-refractivity contribution in [3.05, 3.63) is 28.2 Å². The Bertz CT molecular complexity index is 803. The number of ether oxygens (including phenoxy) is 5. The molecule has 0 aromatic carbocycles. The van der Waals surface area contributed by atoms with Gasteiger partial charge in [-0.05, 0) is 0 Å². The zero-order valence-electron chi connectivity index (χ0n) is 13.9. The molecule has 2 saturated heterocycles. The Morgan fingerprint density at radius 3 is 2.92 bits per heavy atom. The molecular formula is C15H17N3O8. The van der Waals surface area contributed by atoms with E-state index in [1.807, 2.05) is 0 Å². The van der Waals surface area contributed by atoms with Crippen LogP contribution >= 0.6 is 0 Å². The lowest BCUT2D eigenvalue weighted by atomic mass is 9.98. The maximum atomic E-state index is 13.0. The Morgan fingerprint density at radius 2 is 2.23 bits per heavy atom. The molecule has 3 aliphatic rings. The molecule has 0 unspecified atom stereocenters. The number of rotatable bonds is 3. The summed E-state index contributed by atoms with van der Waals surface area (Å²) in [5.41, 5.74) is 2.12. The number of aromatic nitrogens is 1. The molecular weight excluding hydrogens is 350 g/mol. The van der Waals surface area contributed by atoms with Crippen LogP contribution in [0.1, 0.15) is 10.5 Å². The van der Waals surface area contributed by atoms with E-state index >= 15 is 0 Å². The van der Waals surface area contributed by atoms with E-state index in [1.54, 1.807) is 4.90 Å². The predicted molar refractivity (Wildman–Crippen MR) is 83.4 cm³/mol. The van der Waals surface area contributed by atoms with Crippen molar-refractivity contribution < 1.29 is 33.3 Å². The van der Waals surface area contributed by atoms with Crippen molar-refractivity contribution in [2.24, 2.45) is 0 Å². The van der Waals surface area contributed by atoms with Gasteiger partial charge in [0.15, 0.2) is 5.69 Å². The van der Waals surface area contributed by atoms with Crippen molar-refractivity contribution in [1.82, 2.24) is 9.58 Å². The van der Waals surface area contributed by atoms with Gasteiger partial charge in [0.05, 0.1) is 33.5 Å². The fourth-order valence-electron chi connectivity index (χ4n) is 3.09. The maximum Gasteiger partial charge on any atom is 0.510 e. The van der Waals surface area contributed by atoms with E-state index < -0.39 is 24.0 Å². The van der Waals surface area contributed by atoms with Gasteiger partial charge in [-0.25, -0.2) is 4.79 Å². The van der Waals surface area contributed by atoms with Gasteiger partial charge in [-0.15, -0.1) is 0 Å². The van der Waals surface area contributed by atoms with Crippen molar-refractivity contribution in [3.8, 4) is 5.75 Å². The fourth-order valence-corrected chi connectivity index (χ4v) is 3.09. The minimum atomic E-state index is -0.959. The van der Waals surface area contributed by atoms with E-state index in [-0.39, 0.29) is 23.5 Å². The van der Waals surface area contributed by atoms with E-state index in [0.717, 1.165) is 7.11 Å². The number of carbonyl (C=O) groups excluding carboxylic acids is 2. The maximum absolute atomic E-state index is 13.0.